The minimum absolute atomic E-state index is 0.913. The highest BCUT2D eigenvalue weighted by Gasteiger charge is 2.36. The number of rotatable bonds is 0. The third kappa shape index (κ3) is 0.510. The average Bonchev–Trinajstić information content (AvgIpc) is 1.62. The molecule has 0 aromatic heterocycles. The highest BCUT2D eigenvalue weighted by molar-refractivity contribution is 4.93. The topological polar surface area (TPSA) is 12.0 Å². The number of nitrogens with one attached hydrogen (secondary N) is 1. The lowest BCUT2D eigenvalue weighted by Gasteiger charge is -2.46. The van der Waals surface area contributed by atoms with Crippen molar-refractivity contribution >= 4 is 0 Å². The molecule has 0 radical (unpaired) electrons. The Bertz CT molecular complexity index is 89.1. The number of piperidine rings is 2. The van der Waals surface area contributed by atoms with Gasteiger partial charge in [0.2, 0.25) is 0 Å². The fourth-order valence-corrected chi connectivity index (χ4v) is 1.81. The van der Waals surface area contributed by atoms with E-state index < -0.39 is 0 Å². The van der Waals surface area contributed by atoms with Crippen LogP contribution in [-0.4, -0.2) is 12.6 Å². The Hall–Kier alpha value is -0.0400. The van der Waals surface area contributed by atoms with E-state index >= 15 is 0 Å². The van der Waals surface area contributed by atoms with E-state index in [9.17, 15) is 0 Å². The van der Waals surface area contributed by atoms with E-state index in [0.29, 0.717) is 0 Å². The molecule has 0 aromatic carbocycles. The zero-order valence-corrected chi connectivity index (χ0v) is 5.35. The van der Waals surface area contributed by atoms with Gasteiger partial charge in [-0.3, -0.25) is 0 Å². The Morgan fingerprint density at radius 1 is 1.38 bits per heavy atom. The number of hydrogen-bond acceptors (Lipinski definition) is 1. The molecule has 2 heterocycles. The molecule has 3 rings (SSSR count). The highest BCUT2D eigenvalue weighted by Crippen LogP contribution is 2.37. The van der Waals surface area contributed by atoms with E-state index in [-0.39, 0.29) is 0 Å². The Balaban J connectivity index is 2.01. The summed E-state index contributed by atoms with van der Waals surface area (Å²) in [5, 5.41) is 3.50. The van der Waals surface area contributed by atoms with Crippen LogP contribution < -0.4 is 5.32 Å². The first kappa shape index (κ1) is 4.80. The summed E-state index contributed by atoms with van der Waals surface area (Å²) in [4.78, 5) is 0. The number of hydrogen-bond donors (Lipinski definition) is 1. The van der Waals surface area contributed by atoms with Crippen LogP contribution in [-0.2, 0) is 0 Å². The van der Waals surface area contributed by atoms with E-state index in [1.807, 2.05) is 0 Å². The largest absolute Gasteiger partial charge is 0.314 e. The van der Waals surface area contributed by atoms with Crippen LogP contribution in [0.2, 0.25) is 0 Å². The number of fused-ring (bicyclic) bond motifs is 2. The monoisotopic (exact) mass is 111 g/mol. The summed E-state index contributed by atoms with van der Waals surface area (Å²) < 4.78 is 0. The van der Waals surface area contributed by atoms with Crippen LogP contribution in [0.4, 0.5) is 0 Å². The molecular weight excluding hydrogens is 98.1 g/mol. The van der Waals surface area contributed by atoms with Gasteiger partial charge in [0.05, 0.1) is 0 Å². The van der Waals surface area contributed by atoms with Gasteiger partial charge in [0, 0.05) is 6.04 Å². The summed E-state index contributed by atoms with van der Waals surface area (Å²) in [6, 6.07) is 0.913. The molecule has 3 fully saturated rings. The van der Waals surface area contributed by atoms with Crippen molar-refractivity contribution in [2.45, 2.75) is 25.8 Å². The van der Waals surface area contributed by atoms with Crippen molar-refractivity contribution in [3.8, 4) is 0 Å². The van der Waals surface area contributed by atoms with Crippen LogP contribution in [0.15, 0.2) is 0 Å². The lowest BCUT2D eigenvalue weighted by atomic mass is 9.69. The summed E-state index contributed by atoms with van der Waals surface area (Å²) in [5.41, 5.74) is 0. The van der Waals surface area contributed by atoms with Gasteiger partial charge in [0.25, 0.3) is 0 Å². The van der Waals surface area contributed by atoms with Crippen molar-refractivity contribution in [2.75, 3.05) is 6.54 Å². The van der Waals surface area contributed by atoms with Gasteiger partial charge in [-0.25, -0.2) is 0 Å². The molecule has 0 spiro atoms. The SMILES string of the molecule is CC1CNC2CC1C2. The normalized spacial score (nSPS) is 52.9. The first-order valence-electron chi connectivity index (χ1n) is 3.59. The minimum Gasteiger partial charge on any atom is -0.314 e. The third-order valence-electron chi connectivity index (χ3n) is 2.71. The van der Waals surface area contributed by atoms with Gasteiger partial charge in [-0.1, -0.05) is 6.92 Å². The molecule has 8 heavy (non-hydrogen) atoms. The van der Waals surface area contributed by atoms with E-state index in [4.69, 9.17) is 0 Å². The summed E-state index contributed by atoms with van der Waals surface area (Å²) in [7, 11) is 0. The smallest absolute Gasteiger partial charge is 0.00726 e. The van der Waals surface area contributed by atoms with Gasteiger partial charge in [-0.05, 0) is 31.2 Å². The second-order valence-corrected chi connectivity index (χ2v) is 3.31. The van der Waals surface area contributed by atoms with Gasteiger partial charge in [0.15, 0.2) is 0 Å². The highest BCUT2D eigenvalue weighted by atomic mass is 15.0. The maximum atomic E-state index is 3.50. The molecule has 1 heteroatoms. The molecule has 1 nitrogen and oxygen atoms in total. The predicted octanol–water partition coefficient (Wildman–Crippen LogP) is 1.00. The van der Waals surface area contributed by atoms with Crippen LogP contribution >= 0.6 is 0 Å². The van der Waals surface area contributed by atoms with Crippen LogP contribution in [0.5, 0.6) is 0 Å². The molecule has 1 unspecified atom stereocenters. The first-order chi connectivity index (χ1) is 3.86. The molecular formula is C7H13N. The van der Waals surface area contributed by atoms with Gasteiger partial charge < -0.3 is 5.32 Å². The summed E-state index contributed by atoms with van der Waals surface area (Å²) in [5.74, 6) is 2.04. The van der Waals surface area contributed by atoms with E-state index in [1.165, 1.54) is 19.4 Å². The Morgan fingerprint density at radius 3 is 2.38 bits per heavy atom. The fraction of sp³-hybridized carbons (Fsp3) is 1.00. The second kappa shape index (κ2) is 1.47. The van der Waals surface area contributed by atoms with Crippen molar-refractivity contribution in [3.05, 3.63) is 0 Å². The van der Waals surface area contributed by atoms with E-state index in [2.05, 4.69) is 12.2 Å². The summed E-state index contributed by atoms with van der Waals surface area (Å²) >= 11 is 0. The molecule has 0 amide bonds. The third-order valence-corrected chi connectivity index (χ3v) is 2.71. The van der Waals surface area contributed by atoms with Crippen molar-refractivity contribution < 1.29 is 0 Å². The maximum Gasteiger partial charge on any atom is 0.00726 e. The zero-order valence-electron chi connectivity index (χ0n) is 5.35. The van der Waals surface area contributed by atoms with Gasteiger partial charge in [0.1, 0.15) is 0 Å². The first-order valence-corrected chi connectivity index (χ1v) is 3.59. The Kier molecular flexibility index (Phi) is 0.884. The molecule has 1 N–H and O–H groups in total. The molecule has 2 bridgehead atoms. The summed E-state index contributed by atoms with van der Waals surface area (Å²) in [6.45, 7) is 3.63. The molecule has 2 aliphatic heterocycles. The molecule has 1 aliphatic carbocycles. The molecule has 3 aliphatic rings. The van der Waals surface area contributed by atoms with Crippen LogP contribution in [0, 0.1) is 11.8 Å². The second-order valence-electron chi connectivity index (χ2n) is 3.31. The molecule has 0 aromatic rings. The molecule has 46 valence electrons. The average molecular weight is 111 g/mol. The lowest BCUT2D eigenvalue weighted by molar-refractivity contribution is 0.0988. The van der Waals surface area contributed by atoms with Crippen molar-refractivity contribution in [1.29, 1.82) is 0 Å². The maximum absolute atomic E-state index is 3.50. The predicted molar refractivity (Wildman–Crippen MR) is 33.7 cm³/mol. The Morgan fingerprint density at radius 2 is 2.12 bits per heavy atom. The van der Waals surface area contributed by atoms with Crippen molar-refractivity contribution in [3.63, 3.8) is 0 Å². The van der Waals surface area contributed by atoms with Crippen molar-refractivity contribution in [2.24, 2.45) is 11.8 Å². The standard InChI is InChI=1S/C7H13N/c1-5-4-8-7-2-6(5)3-7/h5-8H,2-4H2,1H3. The quantitative estimate of drug-likeness (QED) is 0.492. The minimum atomic E-state index is 0.913. The lowest BCUT2D eigenvalue weighted by Crippen LogP contribution is -2.52. The zero-order chi connectivity index (χ0) is 5.56. The van der Waals surface area contributed by atoms with Gasteiger partial charge >= 0.3 is 0 Å². The van der Waals surface area contributed by atoms with Crippen LogP contribution in [0.1, 0.15) is 19.8 Å². The Labute approximate surface area is 50.5 Å². The molecule has 1 atom stereocenters. The van der Waals surface area contributed by atoms with Gasteiger partial charge in [-0.2, -0.15) is 0 Å². The van der Waals surface area contributed by atoms with Gasteiger partial charge in [-0.15, -0.1) is 0 Å². The van der Waals surface area contributed by atoms with E-state index in [0.717, 1.165) is 17.9 Å². The fourth-order valence-electron chi connectivity index (χ4n) is 1.81. The van der Waals surface area contributed by atoms with E-state index in [1.54, 1.807) is 0 Å². The van der Waals surface area contributed by atoms with Crippen LogP contribution in [0.25, 0.3) is 0 Å². The van der Waals surface area contributed by atoms with Crippen LogP contribution in [0.3, 0.4) is 0 Å². The summed E-state index contributed by atoms with van der Waals surface area (Å²) in [6.07, 6.45) is 2.92. The molecule has 1 saturated carbocycles. The van der Waals surface area contributed by atoms with Crippen molar-refractivity contribution in [1.82, 2.24) is 5.32 Å². The molecule has 2 saturated heterocycles.